The Bertz CT molecular complexity index is 285. The fourth-order valence-electron chi connectivity index (χ4n) is 3.40. The summed E-state index contributed by atoms with van der Waals surface area (Å²) in [7, 11) is 0. The molecular weight excluding hydrogens is 244 g/mol. The highest BCUT2D eigenvalue weighted by molar-refractivity contribution is 7.99. The van der Waals surface area contributed by atoms with E-state index >= 15 is 0 Å². The standard InChI is InChI=1S/C14H28N2OS/c1-12-7-16(5-4-6-17-12)14(9-15)8-13(2,3)10-18-11-14/h12H,4-11,15H2,1-3H3. The maximum absolute atomic E-state index is 6.19. The van der Waals surface area contributed by atoms with Crippen molar-refractivity contribution in [3.63, 3.8) is 0 Å². The van der Waals surface area contributed by atoms with Crippen molar-refractivity contribution in [1.82, 2.24) is 4.90 Å². The zero-order valence-electron chi connectivity index (χ0n) is 12.1. The zero-order chi connectivity index (χ0) is 13.2. The SMILES string of the molecule is CC1CN(C2(CN)CSCC(C)(C)C2)CCCO1. The third kappa shape index (κ3) is 3.21. The maximum Gasteiger partial charge on any atom is 0.0674 e. The Hall–Kier alpha value is 0.230. The molecule has 2 fully saturated rings. The van der Waals surface area contributed by atoms with E-state index < -0.39 is 0 Å². The molecule has 0 amide bonds. The van der Waals surface area contributed by atoms with Crippen molar-refractivity contribution >= 4 is 11.8 Å². The Balaban J connectivity index is 2.14. The molecule has 0 bridgehead atoms. The average Bonchev–Trinajstić information content (AvgIpc) is 2.52. The van der Waals surface area contributed by atoms with Crippen LogP contribution in [0.25, 0.3) is 0 Å². The van der Waals surface area contributed by atoms with Crippen LogP contribution in [0.1, 0.15) is 33.6 Å². The van der Waals surface area contributed by atoms with Crippen molar-refractivity contribution in [3.05, 3.63) is 0 Å². The molecule has 0 aliphatic carbocycles. The minimum atomic E-state index is 0.189. The van der Waals surface area contributed by atoms with Gasteiger partial charge in [0, 0.05) is 37.5 Å². The molecule has 2 N–H and O–H groups in total. The van der Waals surface area contributed by atoms with Gasteiger partial charge in [0.1, 0.15) is 0 Å². The van der Waals surface area contributed by atoms with Gasteiger partial charge in [-0.25, -0.2) is 0 Å². The van der Waals surface area contributed by atoms with Crippen LogP contribution in [0.15, 0.2) is 0 Å². The topological polar surface area (TPSA) is 38.5 Å². The number of thioether (sulfide) groups is 1. The van der Waals surface area contributed by atoms with E-state index in [0.29, 0.717) is 11.5 Å². The molecule has 2 saturated heterocycles. The summed E-state index contributed by atoms with van der Waals surface area (Å²) in [5, 5.41) is 0. The summed E-state index contributed by atoms with van der Waals surface area (Å²) in [4.78, 5) is 2.62. The molecule has 2 heterocycles. The van der Waals surface area contributed by atoms with Crippen molar-refractivity contribution in [2.24, 2.45) is 11.1 Å². The van der Waals surface area contributed by atoms with E-state index in [-0.39, 0.29) is 5.54 Å². The molecule has 106 valence electrons. The van der Waals surface area contributed by atoms with Crippen molar-refractivity contribution in [2.75, 3.05) is 37.7 Å². The summed E-state index contributed by atoms with van der Waals surface area (Å²) in [6, 6.07) is 0. The Kier molecular flexibility index (Phi) is 4.63. The summed E-state index contributed by atoms with van der Waals surface area (Å²) in [5.41, 5.74) is 6.78. The van der Waals surface area contributed by atoms with Crippen LogP contribution in [0, 0.1) is 5.41 Å². The van der Waals surface area contributed by atoms with E-state index in [0.717, 1.165) is 32.7 Å². The number of nitrogens with two attached hydrogens (primary N) is 1. The van der Waals surface area contributed by atoms with Gasteiger partial charge in [-0.3, -0.25) is 4.90 Å². The van der Waals surface area contributed by atoms with Gasteiger partial charge in [0.2, 0.25) is 0 Å². The number of rotatable bonds is 2. The second kappa shape index (κ2) is 5.70. The lowest BCUT2D eigenvalue weighted by atomic mass is 9.78. The van der Waals surface area contributed by atoms with Gasteiger partial charge in [0.05, 0.1) is 6.10 Å². The van der Waals surface area contributed by atoms with Gasteiger partial charge >= 0.3 is 0 Å². The van der Waals surface area contributed by atoms with Crippen LogP contribution >= 0.6 is 11.8 Å². The second-order valence-electron chi connectivity index (χ2n) is 6.74. The van der Waals surface area contributed by atoms with Crippen molar-refractivity contribution < 1.29 is 4.74 Å². The smallest absolute Gasteiger partial charge is 0.0674 e. The van der Waals surface area contributed by atoms with Crippen LogP contribution in [0.4, 0.5) is 0 Å². The van der Waals surface area contributed by atoms with Crippen LogP contribution in [-0.4, -0.2) is 54.3 Å². The van der Waals surface area contributed by atoms with Crippen molar-refractivity contribution in [2.45, 2.75) is 45.3 Å². The molecule has 2 rings (SSSR count). The van der Waals surface area contributed by atoms with Crippen LogP contribution in [-0.2, 0) is 4.74 Å². The van der Waals surface area contributed by atoms with Crippen LogP contribution < -0.4 is 5.73 Å². The number of hydrogen-bond donors (Lipinski definition) is 1. The predicted octanol–water partition coefficient (Wildman–Crippen LogP) is 1.96. The molecule has 18 heavy (non-hydrogen) atoms. The fourth-order valence-corrected chi connectivity index (χ4v) is 4.94. The van der Waals surface area contributed by atoms with Gasteiger partial charge in [-0.1, -0.05) is 13.8 Å². The van der Waals surface area contributed by atoms with Gasteiger partial charge in [-0.15, -0.1) is 0 Å². The predicted molar refractivity (Wildman–Crippen MR) is 79.1 cm³/mol. The summed E-state index contributed by atoms with van der Waals surface area (Å²) in [6.07, 6.45) is 2.69. The molecule has 0 aromatic rings. The number of hydrogen-bond acceptors (Lipinski definition) is 4. The van der Waals surface area contributed by atoms with E-state index in [1.165, 1.54) is 17.9 Å². The lowest BCUT2D eigenvalue weighted by Gasteiger charge is -2.50. The Labute approximate surface area is 116 Å². The zero-order valence-corrected chi connectivity index (χ0v) is 12.9. The average molecular weight is 272 g/mol. The van der Waals surface area contributed by atoms with Gasteiger partial charge in [-0.2, -0.15) is 11.8 Å². The first kappa shape index (κ1) is 14.6. The van der Waals surface area contributed by atoms with E-state index in [4.69, 9.17) is 10.5 Å². The Morgan fingerprint density at radius 1 is 1.39 bits per heavy atom. The third-order valence-corrected chi connectivity index (χ3v) is 5.90. The van der Waals surface area contributed by atoms with Crippen molar-refractivity contribution in [1.29, 1.82) is 0 Å². The molecule has 0 aromatic heterocycles. The van der Waals surface area contributed by atoms with Crippen LogP contribution in [0.2, 0.25) is 0 Å². The molecular formula is C14H28N2OS. The lowest BCUT2D eigenvalue weighted by molar-refractivity contribution is 0.0285. The molecule has 4 heteroatoms. The molecule has 2 unspecified atom stereocenters. The Morgan fingerprint density at radius 2 is 2.17 bits per heavy atom. The summed E-state index contributed by atoms with van der Waals surface area (Å²) in [5.74, 6) is 2.44. The second-order valence-corrected chi connectivity index (χ2v) is 7.73. The first-order valence-corrected chi connectivity index (χ1v) is 8.27. The molecule has 0 saturated carbocycles. The maximum atomic E-state index is 6.19. The number of ether oxygens (including phenoxy) is 1. The highest BCUT2D eigenvalue weighted by atomic mass is 32.2. The molecule has 2 aliphatic rings. The molecule has 0 spiro atoms. The van der Waals surface area contributed by atoms with E-state index in [1.807, 2.05) is 0 Å². The summed E-state index contributed by atoms with van der Waals surface area (Å²) in [6.45, 7) is 10.8. The highest BCUT2D eigenvalue weighted by Gasteiger charge is 2.44. The number of nitrogens with zero attached hydrogens (tertiary/aromatic N) is 1. The van der Waals surface area contributed by atoms with Gasteiger partial charge in [0.25, 0.3) is 0 Å². The third-order valence-electron chi connectivity index (χ3n) is 4.17. The van der Waals surface area contributed by atoms with Gasteiger partial charge < -0.3 is 10.5 Å². The molecule has 2 aliphatic heterocycles. The fraction of sp³-hybridized carbons (Fsp3) is 1.00. The molecule has 0 aromatic carbocycles. The summed E-state index contributed by atoms with van der Waals surface area (Å²) >= 11 is 2.07. The first-order chi connectivity index (χ1) is 8.47. The normalized spacial score (nSPS) is 38.3. The lowest BCUT2D eigenvalue weighted by Crippen LogP contribution is -2.61. The quantitative estimate of drug-likeness (QED) is 0.834. The minimum Gasteiger partial charge on any atom is -0.377 e. The minimum absolute atomic E-state index is 0.189. The molecule has 2 atom stereocenters. The van der Waals surface area contributed by atoms with Crippen molar-refractivity contribution in [3.8, 4) is 0 Å². The highest BCUT2D eigenvalue weighted by Crippen LogP contribution is 2.42. The van der Waals surface area contributed by atoms with E-state index in [9.17, 15) is 0 Å². The van der Waals surface area contributed by atoms with E-state index in [1.54, 1.807) is 0 Å². The largest absolute Gasteiger partial charge is 0.377 e. The van der Waals surface area contributed by atoms with Crippen LogP contribution in [0.3, 0.4) is 0 Å². The van der Waals surface area contributed by atoms with Gasteiger partial charge in [-0.05, 0) is 30.9 Å². The molecule has 0 radical (unpaired) electrons. The first-order valence-electron chi connectivity index (χ1n) is 7.12. The van der Waals surface area contributed by atoms with E-state index in [2.05, 4.69) is 37.4 Å². The van der Waals surface area contributed by atoms with Gasteiger partial charge in [0.15, 0.2) is 0 Å². The Morgan fingerprint density at radius 3 is 2.83 bits per heavy atom. The monoisotopic (exact) mass is 272 g/mol. The van der Waals surface area contributed by atoms with Crippen LogP contribution in [0.5, 0.6) is 0 Å². The molecule has 3 nitrogen and oxygen atoms in total. The summed E-state index contributed by atoms with van der Waals surface area (Å²) < 4.78 is 5.78.